The monoisotopic (exact) mass is 328 g/mol. The van der Waals surface area contributed by atoms with Gasteiger partial charge in [-0.05, 0) is 31.4 Å². The Morgan fingerprint density at radius 1 is 1.08 bits per heavy atom. The van der Waals surface area contributed by atoms with Crippen molar-refractivity contribution in [2.75, 3.05) is 0 Å². The van der Waals surface area contributed by atoms with E-state index in [0.29, 0.717) is 17.6 Å². The van der Waals surface area contributed by atoms with E-state index in [1.54, 1.807) is 13.0 Å². The summed E-state index contributed by atoms with van der Waals surface area (Å²) in [6.07, 6.45) is 8.52. The van der Waals surface area contributed by atoms with E-state index in [1.807, 2.05) is 24.3 Å². The first-order chi connectivity index (χ1) is 11.6. The molecule has 0 amide bonds. The van der Waals surface area contributed by atoms with E-state index in [2.05, 4.69) is 6.92 Å². The van der Waals surface area contributed by atoms with Gasteiger partial charge in [-0.1, -0.05) is 63.6 Å². The van der Waals surface area contributed by atoms with Gasteiger partial charge in [0.05, 0.1) is 0 Å². The van der Waals surface area contributed by atoms with Crippen LogP contribution in [0.1, 0.15) is 76.7 Å². The second-order valence-corrected chi connectivity index (χ2v) is 6.69. The van der Waals surface area contributed by atoms with Crippen molar-refractivity contribution in [3.8, 4) is 0 Å². The van der Waals surface area contributed by atoms with Crippen molar-refractivity contribution in [2.24, 2.45) is 0 Å². The van der Waals surface area contributed by atoms with Crippen molar-refractivity contribution in [1.82, 2.24) is 0 Å². The lowest BCUT2D eigenvalue weighted by Gasteiger charge is -2.15. The van der Waals surface area contributed by atoms with Crippen molar-refractivity contribution in [2.45, 2.75) is 71.1 Å². The Kier molecular flexibility index (Phi) is 7.23. The smallest absolute Gasteiger partial charge is 0.339 e. The van der Waals surface area contributed by atoms with Crippen molar-refractivity contribution in [3.05, 3.63) is 46.3 Å². The SMILES string of the molecule is CCCCCCCCC(CC(C)=O)c1cc2ccccc2oc1=O. The lowest BCUT2D eigenvalue weighted by molar-refractivity contribution is -0.117. The molecule has 3 heteroatoms. The van der Waals surface area contributed by atoms with Crippen LogP contribution in [0.25, 0.3) is 11.0 Å². The molecule has 0 bridgehead atoms. The maximum absolute atomic E-state index is 12.4. The third-order valence-corrected chi connectivity index (χ3v) is 4.55. The fourth-order valence-corrected chi connectivity index (χ4v) is 3.25. The van der Waals surface area contributed by atoms with Crippen molar-refractivity contribution in [1.29, 1.82) is 0 Å². The molecule has 2 aromatic rings. The number of hydrogen-bond donors (Lipinski definition) is 0. The molecule has 3 nitrogen and oxygen atoms in total. The van der Waals surface area contributed by atoms with E-state index in [-0.39, 0.29) is 17.3 Å². The third kappa shape index (κ3) is 5.33. The van der Waals surface area contributed by atoms with Gasteiger partial charge in [-0.15, -0.1) is 0 Å². The zero-order valence-electron chi connectivity index (χ0n) is 14.8. The summed E-state index contributed by atoms with van der Waals surface area (Å²) >= 11 is 0. The number of rotatable bonds is 10. The lowest BCUT2D eigenvalue weighted by atomic mass is 9.89. The Labute approximate surface area is 144 Å². The topological polar surface area (TPSA) is 47.3 Å². The minimum Gasteiger partial charge on any atom is -0.423 e. The van der Waals surface area contributed by atoms with E-state index < -0.39 is 0 Å². The van der Waals surface area contributed by atoms with Gasteiger partial charge in [0.15, 0.2) is 0 Å². The molecule has 1 atom stereocenters. The Balaban J connectivity index is 2.10. The fraction of sp³-hybridized carbons (Fsp3) is 0.524. The number of fused-ring (bicyclic) bond motifs is 1. The Morgan fingerprint density at radius 2 is 1.79 bits per heavy atom. The summed E-state index contributed by atoms with van der Waals surface area (Å²) in [4.78, 5) is 24.0. The Hall–Kier alpha value is -1.90. The molecule has 1 unspecified atom stereocenters. The van der Waals surface area contributed by atoms with E-state index in [4.69, 9.17) is 4.42 Å². The van der Waals surface area contributed by atoms with Crippen molar-refractivity contribution < 1.29 is 9.21 Å². The number of para-hydroxylation sites is 1. The zero-order valence-corrected chi connectivity index (χ0v) is 14.8. The van der Waals surface area contributed by atoms with Crippen LogP contribution in [0.2, 0.25) is 0 Å². The Bertz CT molecular complexity index is 714. The number of benzene rings is 1. The van der Waals surface area contributed by atoms with Crippen molar-refractivity contribution >= 4 is 16.8 Å². The highest BCUT2D eigenvalue weighted by Gasteiger charge is 2.19. The second-order valence-electron chi connectivity index (χ2n) is 6.69. The number of carbonyl (C=O) groups is 1. The minimum atomic E-state index is -0.300. The molecule has 0 aliphatic heterocycles. The summed E-state index contributed by atoms with van der Waals surface area (Å²) in [5.41, 5.74) is 0.954. The average molecular weight is 328 g/mol. The van der Waals surface area contributed by atoms with Crippen LogP contribution < -0.4 is 5.63 Å². The average Bonchev–Trinajstić information content (AvgIpc) is 2.56. The molecule has 0 spiro atoms. The van der Waals surface area contributed by atoms with Gasteiger partial charge >= 0.3 is 5.63 Å². The summed E-state index contributed by atoms with van der Waals surface area (Å²) in [6, 6.07) is 9.44. The standard InChI is InChI=1S/C21H28O3/c1-3-4-5-6-7-8-11-17(14-16(2)22)19-15-18-12-9-10-13-20(18)24-21(19)23/h9-10,12-13,15,17H,3-8,11,14H2,1-2H3. The van der Waals surface area contributed by atoms with E-state index in [9.17, 15) is 9.59 Å². The van der Waals surface area contributed by atoms with E-state index in [0.717, 1.165) is 24.6 Å². The van der Waals surface area contributed by atoms with Gasteiger partial charge in [0, 0.05) is 17.4 Å². The summed E-state index contributed by atoms with van der Waals surface area (Å²) < 4.78 is 5.45. The number of ketones is 1. The number of carbonyl (C=O) groups excluding carboxylic acids is 1. The number of hydrogen-bond acceptors (Lipinski definition) is 3. The van der Waals surface area contributed by atoms with Crippen LogP contribution in [-0.4, -0.2) is 5.78 Å². The molecule has 0 fully saturated rings. The molecule has 0 saturated heterocycles. The van der Waals surface area contributed by atoms with Gasteiger partial charge in [0.25, 0.3) is 0 Å². The molecule has 0 radical (unpaired) electrons. The maximum Gasteiger partial charge on any atom is 0.339 e. The van der Waals surface area contributed by atoms with Gasteiger partial charge in [0.1, 0.15) is 11.4 Å². The molecule has 1 heterocycles. The van der Waals surface area contributed by atoms with E-state index >= 15 is 0 Å². The van der Waals surface area contributed by atoms with Crippen LogP contribution in [0.15, 0.2) is 39.5 Å². The predicted molar refractivity (Wildman–Crippen MR) is 98.5 cm³/mol. The molecular formula is C21H28O3. The maximum atomic E-state index is 12.4. The summed E-state index contributed by atoms with van der Waals surface area (Å²) in [5.74, 6) is 0.0908. The second kappa shape index (κ2) is 9.41. The van der Waals surface area contributed by atoms with Crippen LogP contribution in [0.5, 0.6) is 0 Å². The van der Waals surface area contributed by atoms with Gasteiger partial charge in [-0.2, -0.15) is 0 Å². The first-order valence-electron chi connectivity index (χ1n) is 9.14. The molecule has 2 rings (SSSR count). The lowest BCUT2D eigenvalue weighted by Crippen LogP contribution is -2.15. The molecule has 24 heavy (non-hydrogen) atoms. The van der Waals surface area contributed by atoms with Crippen LogP contribution in [-0.2, 0) is 4.79 Å². The minimum absolute atomic E-state index is 0.0328. The van der Waals surface area contributed by atoms with Crippen LogP contribution in [0.3, 0.4) is 0 Å². The predicted octanol–water partition coefficient (Wildman–Crippen LogP) is 5.61. The zero-order chi connectivity index (χ0) is 17.4. The molecule has 1 aromatic carbocycles. The largest absolute Gasteiger partial charge is 0.423 e. The number of Topliss-reactive ketones (excluding diaryl/α,β-unsaturated/α-hetero) is 1. The van der Waals surface area contributed by atoms with Crippen LogP contribution in [0.4, 0.5) is 0 Å². The van der Waals surface area contributed by atoms with Gasteiger partial charge in [-0.3, -0.25) is 0 Å². The van der Waals surface area contributed by atoms with Gasteiger partial charge in [0.2, 0.25) is 0 Å². The Morgan fingerprint density at radius 3 is 2.54 bits per heavy atom. The van der Waals surface area contributed by atoms with Crippen LogP contribution in [0, 0.1) is 0 Å². The third-order valence-electron chi connectivity index (χ3n) is 4.55. The molecular weight excluding hydrogens is 300 g/mol. The summed E-state index contributed by atoms with van der Waals surface area (Å²) in [6.45, 7) is 3.80. The van der Waals surface area contributed by atoms with Crippen molar-refractivity contribution in [3.63, 3.8) is 0 Å². The molecule has 0 aliphatic carbocycles. The molecule has 0 aliphatic rings. The molecule has 0 N–H and O–H groups in total. The highest BCUT2D eigenvalue weighted by atomic mass is 16.4. The number of unbranched alkanes of at least 4 members (excludes halogenated alkanes) is 5. The highest BCUT2D eigenvalue weighted by molar-refractivity contribution is 5.78. The van der Waals surface area contributed by atoms with Gasteiger partial charge in [-0.25, -0.2) is 4.79 Å². The molecule has 1 aromatic heterocycles. The summed E-state index contributed by atoms with van der Waals surface area (Å²) in [5, 5.41) is 0.920. The molecule has 0 saturated carbocycles. The first kappa shape index (κ1) is 18.4. The van der Waals surface area contributed by atoms with Gasteiger partial charge < -0.3 is 9.21 Å². The fourth-order valence-electron chi connectivity index (χ4n) is 3.25. The van der Waals surface area contributed by atoms with E-state index in [1.165, 1.54) is 25.7 Å². The molecule has 130 valence electrons. The normalized spacial score (nSPS) is 12.4. The summed E-state index contributed by atoms with van der Waals surface area (Å²) in [7, 11) is 0. The first-order valence-corrected chi connectivity index (χ1v) is 9.14. The highest BCUT2D eigenvalue weighted by Crippen LogP contribution is 2.27. The van der Waals surface area contributed by atoms with Crippen LogP contribution >= 0.6 is 0 Å². The quantitative estimate of drug-likeness (QED) is 0.421.